The molecule has 0 spiro atoms. The number of H-pyrrole nitrogens is 1. The molecule has 1 heteroatoms. The zero-order chi connectivity index (χ0) is 12.1. The number of nitrogens with one attached hydrogen (secondary N) is 1. The van der Waals surface area contributed by atoms with Crippen molar-refractivity contribution in [3.8, 4) is 0 Å². The molecule has 2 aromatic rings. The van der Waals surface area contributed by atoms with Crippen LogP contribution in [0, 0.1) is 11.8 Å². The summed E-state index contributed by atoms with van der Waals surface area (Å²) in [4.78, 5) is 3.31. The second-order valence-corrected chi connectivity index (χ2v) is 5.09. The first kappa shape index (κ1) is 12.0. The van der Waals surface area contributed by atoms with Crippen molar-refractivity contribution in [2.24, 2.45) is 11.8 Å². The molecule has 1 nitrogen and oxygen atoms in total. The van der Waals surface area contributed by atoms with Crippen molar-refractivity contribution < 1.29 is 0 Å². The van der Waals surface area contributed by atoms with Gasteiger partial charge >= 0.3 is 0 Å². The Morgan fingerprint density at radius 3 is 2.29 bits per heavy atom. The average molecular weight is 227 g/mol. The van der Waals surface area contributed by atoms with Crippen molar-refractivity contribution >= 4 is 0 Å². The lowest BCUT2D eigenvalue weighted by atomic mass is 9.86. The van der Waals surface area contributed by atoms with Gasteiger partial charge in [0.1, 0.15) is 0 Å². The SMILES string of the molecule is CC(C)C(Cc1ccccc1)Cc1ccc[nH]1. The van der Waals surface area contributed by atoms with Gasteiger partial charge < -0.3 is 4.98 Å². The van der Waals surface area contributed by atoms with Crippen LogP contribution in [0.15, 0.2) is 48.7 Å². The van der Waals surface area contributed by atoms with Gasteiger partial charge in [-0.25, -0.2) is 0 Å². The van der Waals surface area contributed by atoms with Crippen molar-refractivity contribution in [1.29, 1.82) is 0 Å². The van der Waals surface area contributed by atoms with E-state index in [-0.39, 0.29) is 0 Å². The van der Waals surface area contributed by atoms with Gasteiger partial charge in [0.25, 0.3) is 0 Å². The molecule has 0 amide bonds. The monoisotopic (exact) mass is 227 g/mol. The third kappa shape index (κ3) is 3.48. The third-order valence-electron chi connectivity index (χ3n) is 3.43. The summed E-state index contributed by atoms with van der Waals surface area (Å²) in [6.45, 7) is 4.63. The number of rotatable bonds is 5. The highest BCUT2D eigenvalue weighted by Gasteiger charge is 2.15. The van der Waals surface area contributed by atoms with Crippen LogP contribution in [0.1, 0.15) is 25.1 Å². The molecule has 0 aliphatic heterocycles. The van der Waals surface area contributed by atoms with Crippen molar-refractivity contribution in [2.75, 3.05) is 0 Å². The van der Waals surface area contributed by atoms with Crippen LogP contribution in [0.4, 0.5) is 0 Å². The molecule has 1 aromatic carbocycles. The van der Waals surface area contributed by atoms with Crippen LogP contribution < -0.4 is 0 Å². The summed E-state index contributed by atoms with van der Waals surface area (Å²) in [6, 6.07) is 15.0. The maximum absolute atomic E-state index is 3.31. The van der Waals surface area contributed by atoms with Crippen LogP contribution in [0.25, 0.3) is 0 Å². The highest BCUT2D eigenvalue weighted by Crippen LogP contribution is 2.21. The van der Waals surface area contributed by atoms with Gasteiger partial charge in [0.05, 0.1) is 0 Å². The molecule has 1 heterocycles. The lowest BCUT2D eigenvalue weighted by molar-refractivity contribution is 0.377. The van der Waals surface area contributed by atoms with E-state index in [1.54, 1.807) is 0 Å². The Hall–Kier alpha value is -1.50. The van der Waals surface area contributed by atoms with Crippen molar-refractivity contribution in [3.63, 3.8) is 0 Å². The van der Waals surface area contributed by atoms with E-state index in [0.29, 0.717) is 11.8 Å². The molecule has 0 saturated carbocycles. The molecule has 0 aliphatic rings. The summed E-state index contributed by atoms with van der Waals surface area (Å²) in [5, 5.41) is 0. The van der Waals surface area contributed by atoms with Gasteiger partial charge in [-0.2, -0.15) is 0 Å². The molecule has 90 valence electrons. The zero-order valence-corrected chi connectivity index (χ0v) is 10.7. The number of hydrogen-bond acceptors (Lipinski definition) is 0. The maximum Gasteiger partial charge on any atom is 0.0150 e. The fraction of sp³-hybridized carbons (Fsp3) is 0.375. The van der Waals surface area contributed by atoms with Gasteiger partial charge in [-0.1, -0.05) is 44.2 Å². The minimum absolute atomic E-state index is 0.705. The Bertz CT molecular complexity index is 414. The Morgan fingerprint density at radius 1 is 0.941 bits per heavy atom. The third-order valence-corrected chi connectivity index (χ3v) is 3.43. The molecule has 0 aliphatic carbocycles. The zero-order valence-electron chi connectivity index (χ0n) is 10.7. The van der Waals surface area contributed by atoms with E-state index in [2.05, 4.69) is 61.3 Å². The molecule has 1 aromatic heterocycles. The molecular weight excluding hydrogens is 206 g/mol. The molecule has 0 fully saturated rings. The average Bonchev–Trinajstić information content (AvgIpc) is 2.82. The minimum atomic E-state index is 0.705. The van der Waals surface area contributed by atoms with Crippen LogP contribution in [0.3, 0.4) is 0 Å². The molecule has 1 atom stereocenters. The van der Waals surface area contributed by atoms with Gasteiger partial charge in [0.15, 0.2) is 0 Å². The number of aromatic nitrogens is 1. The predicted molar refractivity (Wildman–Crippen MR) is 73.0 cm³/mol. The van der Waals surface area contributed by atoms with E-state index >= 15 is 0 Å². The molecule has 2 rings (SSSR count). The van der Waals surface area contributed by atoms with E-state index < -0.39 is 0 Å². The standard InChI is InChI=1S/C16H21N/c1-13(2)15(12-16-9-6-10-17-16)11-14-7-4-3-5-8-14/h3-10,13,15,17H,11-12H2,1-2H3. The van der Waals surface area contributed by atoms with Crippen molar-refractivity contribution in [2.45, 2.75) is 26.7 Å². The second-order valence-electron chi connectivity index (χ2n) is 5.09. The van der Waals surface area contributed by atoms with Gasteiger partial charge in [0.2, 0.25) is 0 Å². The summed E-state index contributed by atoms with van der Waals surface area (Å²) >= 11 is 0. The van der Waals surface area contributed by atoms with Gasteiger partial charge in [0, 0.05) is 11.9 Å². The number of benzene rings is 1. The molecule has 1 unspecified atom stereocenters. The Balaban J connectivity index is 2.03. The number of aromatic amines is 1. The fourth-order valence-corrected chi connectivity index (χ4v) is 2.24. The fourth-order valence-electron chi connectivity index (χ4n) is 2.24. The van der Waals surface area contributed by atoms with Crippen LogP contribution in [-0.2, 0) is 12.8 Å². The minimum Gasteiger partial charge on any atom is -0.365 e. The van der Waals surface area contributed by atoms with Gasteiger partial charge in [-0.3, -0.25) is 0 Å². The van der Waals surface area contributed by atoms with Gasteiger partial charge in [-0.05, 0) is 42.4 Å². The smallest absolute Gasteiger partial charge is 0.0150 e. The van der Waals surface area contributed by atoms with Gasteiger partial charge in [-0.15, -0.1) is 0 Å². The molecular formula is C16H21N. The Kier molecular flexibility index (Phi) is 4.03. The lowest BCUT2D eigenvalue weighted by Gasteiger charge is -2.20. The summed E-state index contributed by atoms with van der Waals surface area (Å²) in [7, 11) is 0. The largest absolute Gasteiger partial charge is 0.365 e. The van der Waals surface area contributed by atoms with Crippen molar-refractivity contribution in [1.82, 2.24) is 4.98 Å². The quantitative estimate of drug-likeness (QED) is 0.792. The Labute approximate surface area is 104 Å². The van der Waals surface area contributed by atoms with Crippen LogP contribution >= 0.6 is 0 Å². The predicted octanol–water partition coefficient (Wildman–Crippen LogP) is 4.07. The highest BCUT2D eigenvalue weighted by atomic mass is 14.7. The van der Waals surface area contributed by atoms with Crippen LogP contribution in [0.2, 0.25) is 0 Å². The first-order valence-electron chi connectivity index (χ1n) is 6.42. The first-order chi connectivity index (χ1) is 8.25. The molecule has 17 heavy (non-hydrogen) atoms. The molecule has 0 bridgehead atoms. The normalized spacial score (nSPS) is 12.9. The van der Waals surface area contributed by atoms with E-state index in [0.717, 1.165) is 12.8 Å². The first-order valence-corrected chi connectivity index (χ1v) is 6.42. The van der Waals surface area contributed by atoms with Crippen LogP contribution in [-0.4, -0.2) is 4.98 Å². The lowest BCUT2D eigenvalue weighted by Crippen LogP contribution is -2.15. The maximum atomic E-state index is 3.31. The highest BCUT2D eigenvalue weighted by molar-refractivity contribution is 5.16. The van der Waals surface area contributed by atoms with E-state index in [4.69, 9.17) is 0 Å². The van der Waals surface area contributed by atoms with Crippen molar-refractivity contribution in [3.05, 3.63) is 59.9 Å². The van der Waals surface area contributed by atoms with E-state index in [1.165, 1.54) is 11.3 Å². The topological polar surface area (TPSA) is 15.8 Å². The molecule has 0 saturated heterocycles. The molecule has 0 radical (unpaired) electrons. The van der Waals surface area contributed by atoms with Crippen LogP contribution in [0.5, 0.6) is 0 Å². The summed E-state index contributed by atoms with van der Waals surface area (Å²) in [5.74, 6) is 1.41. The second kappa shape index (κ2) is 5.72. The summed E-state index contributed by atoms with van der Waals surface area (Å²) < 4.78 is 0. The Morgan fingerprint density at radius 2 is 1.71 bits per heavy atom. The summed E-state index contributed by atoms with van der Waals surface area (Å²) in [5.41, 5.74) is 2.79. The summed E-state index contributed by atoms with van der Waals surface area (Å²) in [6.07, 6.45) is 4.31. The van der Waals surface area contributed by atoms with E-state index in [1.807, 2.05) is 6.20 Å². The molecule has 1 N–H and O–H groups in total. The number of hydrogen-bond donors (Lipinski definition) is 1. The van der Waals surface area contributed by atoms with E-state index in [9.17, 15) is 0 Å².